The molecule has 2 N–H and O–H groups in total. The molecule has 6 nitrogen and oxygen atoms in total. The van der Waals surface area contributed by atoms with Gasteiger partial charge in [0.05, 0.1) is 11.3 Å². The Morgan fingerprint density at radius 1 is 1.00 bits per heavy atom. The number of amides is 2. The maximum atomic E-state index is 12.3. The monoisotopic (exact) mass is 452 g/mol. The Hall–Kier alpha value is -4.19. The van der Waals surface area contributed by atoms with Gasteiger partial charge in [-0.2, -0.15) is 0 Å². The number of nitrogens with one attached hydrogen (secondary N) is 2. The van der Waals surface area contributed by atoms with Crippen molar-refractivity contribution in [3.63, 3.8) is 0 Å². The second kappa shape index (κ2) is 8.98. The van der Waals surface area contributed by atoms with Gasteiger partial charge < -0.3 is 15.4 Å². The zero-order valence-electron chi connectivity index (χ0n) is 18.8. The molecule has 3 aromatic rings. The lowest BCUT2D eigenvalue weighted by Gasteiger charge is -2.14. The van der Waals surface area contributed by atoms with E-state index in [4.69, 9.17) is 4.74 Å². The van der Waals surface area contributed by atoms with Gasteiger partial charge >= 0.3 is 6.09 Å². The van der Waals surface area contributed by atoms with Gasteiger partial charge in [0.1, 0.15) is 6.61 Å². The normalized spacial score (nSPS) is 14.0. The van der Waals surface area contributed by atoms with Crippen LogP contribution in [0.15, 0.2) is 66.7 Å². The van der Waals surface area contributed by atoms with Crippen LogP contribution in [0, 0.1) is 6.92 Å². The summed E-state index contributed by atoms with van der Waals surface area (Å²) in [7, 11) is 0. The fraction of sp³-hybridized carbons (Fsp3) is 0.179. The first-order valence-corrected chi connectivity index (χ1v) is 11.3. The number of hydrogen-bond donors (Lipinski definition) is 2. The van der Waals surface area contributed by atoms with Gasteiger partial charge in [-0.25, -0.2) is 4.79 Å². The molecule has 0 unspecified atom stereocenters. The van der Waals surface area contributed by atoms with Crippen molar-refractivity contribution in [3.8, 4) is 11.1 Å². The van der Waals surface area contributed by atoms with E-state index in [1.807, 2.05) is 49.4 Å². The van der Waals surface area contributed by atoms with Gasteiger partial charge in [-0.15, -0.1) is 0 Å². The summed E-state index contributed by atoms with van der Waals surface area (Å²) in [5.41, 5.74) is 7.31. The minimum Gasteiger partial charge on any atom is -0.449 e. The molecular formula is C28H24N2O4. The van der Waals surface area contributed by atoms with E-state index in [9.17, 15) is 14.4 Å². The van der Waals surface area contributed by atoms with E-state index >= 15 is 0 Å². The molecule has 2 aliphatic rings. The number of rotatable bonds is 6. The Labute approximate surface area is 197 Å². The van der Waals surface area contributed by atoms with Crippen molar-refractivity contribution in [2.24, 2.45) is 0 Å². The van der Waals surface area contributed by atoms with Crippen molar-refractivity contribution < 1.29 is 19.1 Å². The molecule has 0 bridgehead atoms. The zero-order valence-corrected chi connectivity index (χ0v) is 18.8. The topological polar surface area (TPSA) is 84.5 Å². The van der Waals surface area contributed by atoms with Gasteiger partial charge in [-0.3, -0.25) is 9.59 Å². The predicted molar refractivity (Wildman–Crippen MR) is 131 cm³/mol. The van der Waals surface area contributed by atoms with E-state index in [1.54, 1.807) is 6.07 Å². The molecule has 1 aliphatic carbocycles. The van der Waals surface area contributed by atoms with E-state index in [0.29, 0.717) is 24.2 Å². The lowest BCUT2D eigenvalue weighted by atomic mass is 9.98. The SMILES string of the molecule is Cc1ccc2c(c1C=CCCNC(=O)OCC1c3ccccc3-c3ccccc31)C(=O)C(=O)N2. The standard InChI is InChI=1S/C28H24N2O4/c1-17-13-14-24-25(26(31)27(32)30-24)18(17)8-6-7-15-29-28(33)34-16-23-21-11-4-2-9-19(21)20-10-3-5-12-22(20)23/h2-6,8-14,23H,7,15-16H2,1H3,(H,29,33)(H,30,31,32). The van der Waals surface area contributed by atoms with Crippen LogP contribution in [0.1, 0.15) is 45.0 Å². The van der Waals surface area contributed by atoms with Crippen molar-refractivity contribution in [1.29, 1.82) is 0 Å². The minimum atomic E-state index is -0.604. The summed E-state index contributed by atoms with van der Waals surface area (Å²) >= 11 is 0. The molecule has 0 saturated carbocycles. The van der Waals surface area contributed by atoms with E-state index in [-0.39, 0.29) is 12.5 Å². The molecule has 5 rings (SSSR count). The largest absolute Gasteiger partial charge is 0.449 e. The molecule has 34 heavy (non-hydrogen) atoms. The number of ether oxygens (including phenoxy) is 1. The lowest BCUT2D eigenvalue weighted by Crippen LogP contribution is -2.26. The highest BCUT2D eigenvalue weighted by atomic mass is 16.5. The fourth-order valence-electron chi connectivity index (χ4n) is 4.69. The smallest absolute Gasteiger partial charge is 0.407 e. The third-order valence-electron chi connectivity index (χ3n) is 6.35. The van der Waals surface area contributed by atoms with Crippen LogP contribution in [0.3, 0.4) is 0 Å². The van der Waals surface area contributed by atoms with Crippen LogP contribution in [-0.4, -0.2) is 30.9 Å². The molecule has 0 fully saturated rings. The molecule has 6 heteroatoms. The summed E-state index contributed by atoms with van der Waals surface area (Å²) in [6, 6.07) is 20.0. The second-order valence-electron chi connectivity index (χ2n) is 8.45. The Bertz CT molecular complexity index is 1300. The maximum absolute atomic E-state index is 12.3. The van der Waals surface area contributed by atoms with E-state index < -0.39 is 17.8 Å². The van der Waals surface area contributed by atoms with Crippen molar-refractivity contribution in [3.05, 3.63) is 94.6 Å². The second-order valence-corrected chi connectivity index (χ2v) is 8.45. The number of alkyl carbamates (subject to hydrolysis) is 1. The minimum absolute atomic E-state index is 0.0232. The van der Waals surface area contributed by atoms with Crippen LogP contribution < -0.4 is 10.6 Å². The summed E-state index contributed by atoms with van der Waals surface area (Å²) in [5, 5.41) is 5.36. The highest BCUT2D eigenvalue weighted by molar-refractivity contribution is 6.52. The van der Waals surface area contributed by atoms with E-state index in [1.165, 1.54) is 22.3 Å². The average Bonchev–Trinajstić information content (AvgIpc) is 3.32. The number of benzene rings is 3. The highest BCUT2D eigenvalue weighted by Crippen LogP contribution is 2.44. The van der Waals surface area contributed by atoms with Gasteiger partial charge in [-0.05, 0) is 52.8 Å². The molecular weight excluding hydrogens is 428 g/mol. The first kappa shape index (κ1) is 21.6. The van der Waals surface area contributed by atoms with Crippen LogP contribution in [-0.2, 0) is 9.53 Å². The Morgan fingerprint density at radius 2 is 1.68 bits per heavy atom. The third-order valence-corrected chi connectivity index (χ3v) is 6.35. The number of ketones is 1. The van der Waals surface area contributed by atoms with Crippen molar-refractivity contribution in [1.82, 2.24) is 5.32 Å². The number of anilines is 1. The number of hydrogen-bond acceptors (Lipinski definition) is 4. The average molecular weight is 453 g/mol. The summed E-state index contributed by atoms with van der Waals surface area (Å²) in [5.74, 6) is -1.10. The Kier molecular flexibility index (Phi) is 5.72. The van der Waals surface area contributed by atoms with E-state index in [0.717, 1.165) is 11.1 Å². The zero-order chi connectivity index (χ0) is 23.7. The van der Waals surface area contributed by atoms with Gasteiger partial charge in [0.25, 0.3) is 11.7 Å². The molecule has 170 valence electrons. The van der Waals surface area contributed by atoms with Crippen LogP contribution in [0.2, 0.25) is 0 Å². The molecule has 0 spiro atoms. The number of Topliss-reactive ketones (excluding diaryl/α,β-unsaturated/α-hetero) is 1. The van der Waals surface area contributed by atoms with Gasteiger partial charge in [0.15, 0.2) is 0 Å². The van der Waals surface area contributed by atoms with Gasteiger partial charge in [-0.1, -0.05) is 66.7 Å². The van der Waals surface area contributed by atoms with Crippen LogP contribution in [0.5, 0.6) is 0 Å². The molecule has 0 saturated heterocycles. The predicted octanol–water partition coefficient (Wildman–Crippen LogP) is 5.07. The third kappa shape index (κ3) is 3.88. The fourth-order valence-corrected chi connectivity index (χ4v) is 4.69. The summed E-state index contributed by atoms with van der Waals surface area (Å²) in [6.45, 7) is 2.56. The van der Waals surface area contributed by atoms with Crippen LogP contribution >= 0.6 is 0 Å². The molecule has 1 heterocycles. The van der Waals surface area contributed by atoms with Gasteiger partial charge in [0.2, 0.25) is 0 Å². The molecule has 0 atom stereocenters. The maximum Gasteiger partial charge on any atom is 0.407 e. The molecule has 2 amide bonds. The number of carbonyl (C=O) groups is 3. The first-order chi connectivity index (χ1) is 16.5. The molecule has 0 radical (unpaired) electrons. The molecule has 3 aromatic carbocycles. The Morgan fingerprint density at radius 3 is 2.38 bits per heavy atom. The summed E-state index contributed by atoms with van der Waals surface area (Å²) in [4.78, 5) is 36.2. The van der Waals surface area contributed by atoms with Crippen molar-refractivity contribution >= 4 is 29.5 Å². The summed E-state index contributed by atoms with van der Waals surface area (Å²) < 4.78 is 5.55. The lowest BCUT2D eigenvalue weighted by molar-refractivity contribution is -0.112. The van der Waals surface area contributed by atoms with E-state index in [2.05, 4.69) is 34.9 Å². The molecule has 0 aromatic heterocycles. The number of fused-ring (bicyclic) bond motifs is 4. The number of carbonyl (C=O) groups excluding carboxylic acids is 3. The highest BCUT2D eigenvalue weighted by Gasteiger charge is 2.31. The van der Waals surface area contributed by atoms with Crippen molar-refractivity contribution in [2.45, 2.75) is 19.3 Å². The quantitative estimate of drug-likeness (QED) is 0.404. The van der Waals surface area contributed by atoms with Gasteiger partial charge in [0, 0.05) is 12.5 Å². The number of aryl methyl sites for hydroxylation is 1. The first-order valence-electron chi connectivity index (χ1n) is 11.3. The van der Waals surface area contributed by atoms with Crippen molar-refractivity contribution in [2.75, 3.05) is 18.5 Å². The van der Waals surface area contributed by atoms with Crippen LogP contribution in [0.25, 0.3) is 17.2 Å². The summed E-state index contributed by atoms with van der Waals surface area (Å²) in [6.07, 6.45) is 3.80. The van der Waals surface area contributed by atoms with Crippen LogP contribution in [0.4, 0.5) is 10.5 Å². The Balaban J connectivity index is 1.16. The molecule has 1 aliphatic heterocycles.